The third-order valence-electron chi connectivity index (χ3n) is 0.508. The minimum absolute atomic E-state index is 0.163. The van der Waals surface area contributed by atoms with Crippen LogP contribution < -0.4 is 0 Å². The summed E-state index contributed by atoms with van der Waals surface area (Å²) < 4.78 is 0. The van der Waals surface area contributed by atoms with Crippen molar-refractivity contribution in [1.29, 1.82) is 0 Å². The largest absolute Gasteiger partial charge is 0.392 e. The van der Waals surface area contributed by atoms with Crippen molar-refractivity contribution in [3.63, 3.8) is 0 Å². The van der Waals surface area contributed by atoms with Gasteiger partial charge in [0.25, 0.3) is 0 Å². The van der Waals surface area contributed by atoms with Crippen molar-refractivity contribution in [2.75, 3.05) is 6.61 Å². The van der Waals surface area contributed by atoms with E-state index in [4.69, 9.17) is 5.11 Å². The summed E-state index contributed by atoms with van der Waals surface area (Å²) >= 11 is 0. The molecule has 0 unspecified atom stereocenters. The van der Waals surface area contributed by atoms with E-state index in [1.54, 1.807) is 24.3 Å². The quantitative estimate of drug-likeness (QED) is 0.442. The average Bonchev–Trinajstić information content (AvgIpc) is 1.91. The standard InChI is InChI=1S/C4H8O.C4H6/c1-2-3-4-5;1-3-4-2/h2-3,5H,4H2,1H3;3-4H,1-2H2/b3-2+;. The van der Waals surface area contributed by atoms with E-state index < -0.39 is 0 Å². The number of aliphatic hydroxyl groups excluding tert-OH is 1. The molecule has 1 N–H and O–H groups in total. The van der Waals surface area contributed by atoms with Crippen molar-refractivity contribution in [2.24, 2.45) is 0 Å². The Labute approximate surface area is 57.0 Å². The van der Waals surface area contributed by atoms with Gasteiger partial charge in [0, 0.05) is 0 Å². The lowest BCUT2D eigenvalue weighted by molar-refractivity contribution is 0.342. The first-order chi connectivity index (χ1) is 4.33. The van der Waals surface area contributed by atoms with E-state index in [0.717, 1.165) is 0 Å². The van der Waals surface area contributed by atoms with Gasteiger partial charge in [-0.25, -0.2) is 0 Å². The van der Waals surface area contributed by atoms with Gasteiger partial charge >= 0.3 is 0 Å². The maximum Gasteiger partial charge on any atom is 0.0612 e. The molecule has 0 spiro atoms. The molecule has 0 amide bonds. The molecule has 0 aliphatic carbocycles. The number of hydrogen-bond donors (Lipinski definition) is 1. The number of rotatable bonds is 2. The van der Waals surface area contributed by atoms with Crippen molar-refractivity contribution < 1.29 is 5.11 Å². The molecule has 1 nitrogen and oxygen atoms in total. The van der Waals surface area contributed by atoms with E-state index in [9.17, 15) is 0 Å². The van der Waals surface area contributed by atoms with Crippen molar-refractivity contribution in [2.45, 2.75) is 6.92 Å². The second-order valence-corrected chi connectivity index (χ2v) is 1.22. The van der Waals surface area contributed by atoms with Crippen molar-refractivity contribution in [1.82, 2.24) is 0 Å². The normalized spacial score (nSPS) is 7.78. The summed E-state index contributed by atoms with van der Waals surface area (Å²) in [6, 6.07) is 0. The molecule has 0 aliphatic heterocycles. The summed E-state index contributed by atoms with van der Waals surface area (Å²) in [5.74, 6) is 0. The Morgan fingerprint density at radius 2 is 1.78 bits per heavy atom. The summed E-state index contributed by atoms with van der Waals surface area (Å²) in [6.07, 6.45) is 6.76. The lowest BCUT2D eigenvalue weighted by Crippen LogP contribution is -1.65. The van der Waals surface area contributed by atoms with Crippen LogP contribution in [0.15, 0.2) is 37.5 Å². The minimum atomic E-state index is 0.163. The molecule has 0 saturated carbocycles. The van der Waals surface area contributed by atoms with Crippen LogP contribution in [0, 0.1) is 0 Å². The number of hydrogen-bond acceptors (Lipinski definition) is 1. The smallest absolute Gasteiger partial charge is 0.0612 e. The fraction of sp³-hybridized carbons (Fsp3) is 0.250. The average molecular weight is 126 g/mol. The highest BCUT2D eigenvalue weighted by molar-refractivity contribution is 4.88. The number of allylic oxidation sites excluding steroid dienone is 3. The predicted molar refractivity (Wildman–Crippen MR) is 42.3 cm³/mol. The summed E-state index contributed by atoms with van der Waals surface area (Å²) in [7, 11) is 0. The molecule has 0 fully saturated rings. The van der Waals surface area contributed by atoms with E-state index >= 15 is 0 Å². The van der Waals surface area contributed by atoms with Crippen LogP contribution in [0.4, 0.5) is 0 Å². The van der Waals surface area contributed by atoms with Crippen LogP contribution in [0.2, 0.25) is 0 Å². The van der Waals surface area contributed by atoms with E-state index in [0.29, 0.717) is 0 Å². The molecular weight excluding hydrogens is 112 g/mol. The first-order valence-corrected chi connectivity index (χ1v) is 2.78. The Balaban J connectivity index is 0. The molecule has 0 bridgehead atoms. The molecule has 0 rings (SSSR count). The monoisotopic (exact) mass is 126 g/mol. The Morgan fingerprint density at radius 3 is 1.78 bits per heavy atom. The molecule has 0 saturated heterocycles. The molecule has 9 heavy (non-hydrogen) atoms. The highest BCUT2D eigenvalue weighted by Gasteiger charge is 1.52. The predicted octanol–water partition coefficient (Wildman–Crippen LogP) is 1.91. The Bertz CT molecular complexity index is 76.6. The van der Waals surface area contributed by atoms with E-state index in [1.807, 2.05) is 6.92 Å². The van der Waals surface area contributed by atoms with Gasteiger partial charge in [0.15, 0.2) is 0 Å². The van der Waals surface area contributed by atoms with Crippen LogP contribution in [0.25, 0.3) is 0 Å². The molecule has 0 aliphatic rings. The second-order valence-electron chi connectivity index (χ2n) is 1.22. The first kappa shape index (κ1) is 11.0. The van der Waals surface area contributed by atoms with Crippen LogP contribution in [0.5, 0.6) is 0 Å². The van der Waals surface area contributed by atoms with Gasteiger partial charge in [0.05, 0.1) is 6.61 Å². The van der Waals surface area contributed by atoms with Crippen LogP contribution in [0.1, 0.15) is 6.92 Å². The van der Waals surface area contributed by atoms with Gasteiger partial charge in [-0.05, 0) is 6.92 Å². The highest BCUT2D eigenvalue weighted by atomic mass is 16.2. The van der Waals surface area contributed by atoms with Crippen LogP contribution in [-0.4, -0.2) is 11.7 Å². The fourth-order valence-corrected chi connectivity index (χ4v) is 0.105. The van der Waals surface area contributed by atoms with Gasteiger partial charge in [0.1, 0.15) is 0 Å². The van der Waals surface area contributed by atoms with Crippen molar-refractivity contribution in [3.05, 3.63) is 37.5 Å². The highest BCUT2D eigenvalue weighted by Crippen LogP contribution is 1.60. The minimum Gasteiger partial charge on any atom is -0.392 e. The van der Waals surface area contributed by atoms with Crippen molar-refractivity contribution >= 4 is 0 Å². The van der Waals surface area contributed by atoms with Gasteiger partial charge in [-0.15, -0.1) is 0 Å². The van der Waals surface area contributed by atoms with Gasteiger partial charge in [0.2, 0.25) is 0 Å². The molecule has 0 aromatic rings. The zero-order chi connectivity index (χ0) is 7.54. The third kappa shape index (κ3) is 40.5. The Morgan fingerprint density at radius 1 is 1.33 bits per heavy atom. The summed E-state index contributed by atoms with van der Waals surface area (Å²) in [5, 5.41) is 7.98. The maximum atomic E-state index is 7.98. The van der Waals surface area contributed by atoms with Gasteiger partial charge in [-0.2, -0.15) is 0 Å². The van der Waals surface area contributed by atoms with E-state index in [2.05, 4.69) is 13.2 Å². The fourth-order valence-electron chi connectivity index (χ4n) is 0.105. The summed E-state index contributed by atoms with van der Waals surface area (Å²) in [6.45, 7) is 8.76. The molecule has 1 heteroatoms. The maximum absolute atomic E-state index is 7.98. The molecule has 52 valence electrons. The molecule has 0 atom stereocenters. The van der Waals surface area contributed by atoms with E-state index in [-0.39, 0.29) is 6.61 Å². The first-order valence-electron chi connectivity index (χ1n) is 2.78. The van der Waals surface area contributed by atoms with Crippen LogP contribution in [-0.2, 0) is 0 Å². The molecular formula is C8H14O. The lowest BCUT2D eigenvalue weighted by Gasteiger charge is -1.66. The second kappa shape index (κ2) is 15.7. The lowest BCUT2D eigenvalue weighted by atomic mass is 10.6. The molecule has 0 aromatic heterocycles. The zero-order valence-corrected chi connectivity index (χ0v) is 5.88. The Kier molecular flexibility index (Phi) is 19.3. The SMILES string of the molecule is C/C=C/CO.C=CC=C. The van der Waals surface area contributed by atoms with Gasteiger partial charge < -0.3 is 5.11 Å². The van der Waals surface area contributed by atoms with Gasteiger partial charge in [-0.3, -0.25) is 0 Å². The molecule has 0 radical (unpaired) electrons. The third-order valence-corrected chi connectivity index (χ3v) is 0.508. The molecule has 0 heterocycles. The summed E-state index contributed by atoms with van der Waals surface area (Å²) in [4.78, 5) is 0. The zero-order valence-electron chi connectivity index (χ0n) is 5.88. The summed E-state index contributed by atoms with van der Waals surface area (Å²) in [5.41, 5.74) is 0. The topological polar surface area (TPSA) is 20.2 Å². The molecule has 0 aromatic carbocycles. The van der Waals surface area contributed by atoms with Crippen LogP contribution in [0.3, 0.4) is 0 Å². The van der Waals surface area contributed by atoms with Gasteiger partial charge in [-0.1, -0.05) is 37.5 Å². The Hall–Kier alpha value is -0.820. The van der Waals surface area contributed by atoms with Crippen molar-refractivity contribution in [3.8, 4) is 0 Å². The van der Waals surface area contributed by atoms with E-state index in [1.165, 1.54) is 0 Å². The number of aliphatic hydroxyl groups is 1. The van der Waals surface area contributed by atoms with Crippen LogP contribution >= 0.6 is 0 Å².